The Hall–Kier alpha value is -1.17. The molecule has 0 fully saturated rings. The number of anilines is 1. The van der Waals surface area contributed by atoms with Crippen molar-refractivity contribution in [3.8, 4) is 0 Å². The summed E-state index contributed by atoms with van der Waals surface area (Å²) < 4.78 is 2.62. The van der Waals surface area contributed by atoms with Crippen molar-refractivity contribution < 1.29 is 0 Å². The molecule has 0 amide bonds. The molecule has 0 aliphatic heterocycles. The largest absolute Gasteiger partial charge is 0.367 e. The van der Waals surface area contributed by atoms with Crippen LogP contribution in [0.25, 0.3) is 5.78 Å². The molecule has 6 heteroatoms. The van der Waals surface area contributed by atoms with Crippen molar-refractivity contribution in [1.82, 2.24) is 19.6 Å². The summed E-state index contributed by atoms with van der Waals surface area (Å²) in [5.74, 6) is 1.50. The maximum Gasteiger partial charge on any atom is 0.254 e. The number of hydrogen-bond donors (Lipinski definition) is 1. The molecule has 0 atom stereocenters. The Kier molecular flexibility index (Phi) is 2.60. The molecule has 2 heterocycles. The fraction of sp³-hybridized carbons (Fsp3) is 0.444. The lowest BCUT2D eigenvalue weighted by Crippen LogP contribution is -2.15. The zero-order valence-corrected chi connectivity index (χ0v) is 10.4. The van der Waals surface area contributed by atoms with Crippen LogP contribution in [0.4, 0.5) is 5.82 Å². The highest BCUT2D eigenvalue weighted by molar-refractivity contribution is 9.10. The molecule has 0 saturated heterocycles. The molecular formula is C9H12BrN5. The van der Waals surface area contributed by atoms with Gasteiger partial charge in [-0.15, -0.1) is 0 Å². The quantitative estimate of drug-likeness (QED) is 0.907. The minimum Gasteiger partial charge on any atom is -0.367 e. The van der Waals surface area contributed by atoms with Crippen molar-refractivity contribution in [3.05, 3.63) is 16.5 Å². The third-order valence-electron chi connectivity index (χ3n) is 1.96. The summed E-state index contributed by atoms with van der Waals surface area (Å²) in [6.45, 7) is 6.08. The van der Waals surface area contributed by atoms with Crippen molar-refractivity contribution in [1.29, 1.82) is 0 Å². The standard InChI is InChI=1S/C9H12BrN5/c1-5(2)13-8-7(10)6(3)14-9-11-4-12-15(8)9/h4-5,13H,1-3H3. The average Bonchev–Trinajstić information content (AvgIpc) is 2.59. The van der Waals surface area contributed by atoms with Crippen molar-refractivity contribution in [2.45, 2.75) is 26.8 Å². The molecule has 0 spiro atoms. The summed E-state index contributed by atoms with van der Waals surface area (Å²) in [4.78, 5) is 8.37. The molecule has 2 rings (SSSR count). The van der Waals surface area contributed by atoms with Crippen LogP contribution in [0.1, 0.15) is 19.5 Å². The van der Waals surface area contributed by atoms with Gasteiger partial charge >= 0.3 is 0 Å². The summed E-state index contributed by atoms with van der Waals surface area (Å²) in [6.07, 6.45) is 1.50. The van der Waals surface area contributed by atoms with Gasteiger partial charge in [0.05, 0.1) is 10.2 Å². The number of aromatic nitrogens is 4. The van der Waals surface area contributed by atoms with E-state index in [-0.39, 0.29) is 0 Å². The number of aryl methyl sites for hydroxylation is 1. The van der Waals surface area contributed by atoms with Crippen LogP contribution in [0.3, 0.4) is 0 Å². The van der Waals surface area contributed by atoms with Gasteiger partial charge in [-0.3, -0.25) is 0 Å². The third kappa shape index (κ3) is 1.81. The van der Waals surface area contributed by atoms with Gasteiger partial charge in [-0.2, -0.15) is 14.6 Å². The lowest BCUT2D eigenvalue weighted by atomic mass is 10.3. The van der Waals surface area contributed by atoms with Crippen molar-refractivity contribution in [2.24, 2.45) is 0 Å². The molecular weight excluding hydrogens is 258 g/mol. The Morgan fingerprint density at radius 1 is 1.47 bits per heavy atom. The van der Waals surface area contributed by atoms with E-state index >= 15 is 0 Å². The highest BCUT2D eigenvalue weighted by Crippen LogP contribution is 2.25. The van der Waals surface area contributed by atoms with E-state index in [1.54, 1.807) is 4.52 Å². The minimum atomic E-state index is 0.329. The molecule has 80 valence electrons. The Morgan fingerprint density at radius 3 is 2.87 bits per heavy atom. The van der Waals surface area contributed by atoms with Crippen LogP contribution in [0.5, 0.6) is 0 Å². The van der Waals surface area contributed by atoms with Gasteiger partial charge in [0.1, 0.15) is 12.1 Å². The monoisotopic (exact) mass is 269 g/mol. The van der Waals surface area contributed by atoms with Crippen LogP contribution in [-0.2, 0) is 0 Å². The van der Waals surface area contributed by atoms with E-state index in [9.17, 15) is 0 Å². The molecule has 1 N–H and O–H groups in total. The number of rotatable bonds is 2. The number of hydrogen-bond acceptors (Lipinski definition) is 4. The number of halogens is 1. The van der Waals surface area contributed by atoms with E-state index in [0.717, 1.165) is 16.0 Å². The smallest absolute Gasteiger partial charge is 0.254 e. The van der Waals surface area contributed by atoms with Crippen LogP contribution in [0.2, 0.25) is 0 Å². The van der Waals surface area contributed by atoms with Crippen molar-refractivity contribution >= 4 is 27.5 Å². The van der Waals surface area contributed by atoms with Gasteiger partial charge in [-0.1, -0.05) is 0 Å². The first-order chi connectivity index (χ1) is 7.09. The molecule has 2 aromatic heterocycles. The summed E-state index contributed by atoms with van der Waals surface area (Å²) in [6, 6.07) is 0.329. The fourth-order valence-corrected chi connectivity index (χ4v) is 1.70. The molecule has 0 aliphatic rings. The van der Waals surface area contributed by atoms with E-state index in [1.165, 1.54) is 6.33 Å². The molecule has 0 aromatic carbocycles. The maximum atomic E-state index is 4.31. The first kappa shape index (κ1) is 10.4. The maximum absolute atomic E-state index is 4.31. The lowest BCUT2D eigenvalue weighted by molar-refractivity contribution is 0.843. The SMILES string of the molecule is Cc1nc2ncnn2c(NC(C)C)c1Br. The van der Waals surface area contributed by atoms with Crippen LogP contribution in [0, 0.1) is 6.92 Å². The third-order valence-corrected chi connectivity index (χ3v) is 2.91. The Morgan fingerprint density at radius 2 is 2.20 bits per heavy atom. The molecule has 0 radical (unpaired) electrons. The van der Waals surface area contributed by atoms with Crippen LogP contribution >= 0.6 is 15.9 Å². The number of nitrogens with zero attached hydrogens (tertiary/aromatic N) is 4. The summed E-state index contributed by atoms with van der Waals surface area (Å²) >= 11 is 3.50. The molecule has 15 heavy (non-hydrogen) atoms. The molecule has 0 bridgehead atoms. The van der Waals surface area contributed by atoms with Gasteiger partial charge in [0.25, 0.3) is 5.78 Å². The van der Waals surface area contributed by atoms with Crippen LogP contribution in [-0.4, -0.2) is 25.6 Å². The van der Waals surface area contributed by atoms with E-state index in [1.807, 2.05) is 6.92 Å². The number of fused-ring (bicyclic) bond motifs is 1. The topological polar surface area (TPSA) is 55.1 Å². The zero-order chi connectivity index (χ0) is 11.0. The second-order valence-corrected chi connectivity index (χ2v) is 4.42. The minimum absolute atomic E-state index is 0.329. The Labute approximate surface area is 96.1 Å². The highest BCUT2D eigenvalue weighted by Gasteiger charge is 2.12. The molecule has 0 aliphatic carbocycles. The van der Waals surface area contributed by atoms with E-state index in [0.29, 0.717) is 11.8 Å². The predicted molar refractivity (Wildman–Crippen MR) is 62.0 cm³/mol. The van der Waals surface area contributed by atoms with Crippen LogP contribution < -0.4 is 5.32 Å². The van der Waals surface area contributed by atoms with E-state index < -0.39 is 0 Å². The summed E-state index contributed by atoms with van der Waals surface area (Å²) in [5, 5.41) is 7.44. The summed E-state index contributed by atoms with van der Waals surface area (Å²) in [5.41, 5.74) is 0.902. The summed E-state index contributed by atoms with van der Waals surface area (Å²) in [7, 11) is 0. The van der Waals surface area contributed by atoms with Crippen molar-refractivity contribution in [2.75, 3.05) is 5.32 Å². The second-order valence-electron chi connectivity index (χ2n) is 3.63. The number of nitrogens with one attached hydrogen (secondary N) is 1. The van der Waals surface area contributed by atoms with Gasteiger partial charge in [0.2, 0.25) is 0 Å². The fourth-order valence-electron chi connectivity index (χ4n) is 1.33. The van der Waals surface area contributed by atoms with E-state index in [4.69, 9.17) is 0 Å². The molecule has 2 aromatic rings. The molecule has 0 saturated carbocycles. The van der Waals surface area contributed by atoms with E-state index in [2.05, 4.69) is 50.2 Å². The lowest BCUT2D eigenvalue weighted by Gasteiger charge is -2.13. The second kappa shape index (κ2) is 3.77. The van der Waals surface area contributed by atoms with Gasteiger partial charge in [0.15, 0.2) is 0 Å². The van der Waals surface area contributed by atoms with Gasteiger partial charge in [-0.25, -0.2) is 4.98 Å². The highest BCUT2D eigenvalue weighted by atomic mass is 79.9. The van der Waals surface area contributed by atoms with Gasteiger partial charge in [-0.05, 0) is 36.7 Å². The van der Waals surface area contributed by atoms with Gasteiger partial charge < -0.3 is 5.32 Å². The first-order valence-electron chi connectivity index (χ1n) is 4.72. The molecule has 0 unspecified atom stereocenters. The predicted octanol–water partition coefficient (Wildman–Crippen LogP) is 2.02. The molecule has 5 nitrogen and oxygen atoms in total. The van der Waals surface area contributed by atoms with Crippen LogP contribution in [0.15, 0.2) is 10.8 Å². The van der Waals surface area contributed by atoms with Gasteiger partial charge in [0, 0.05) is 6.04 Å². The average molecular weight is 270 g/mol. The Bertz CT molecular complexity index is 490. The van der Waals surface area contributed by atoms with Crippen molar-refractivity contribution in [3.63, 3.8) is 0 Å². The normalized spacial score (nSPS) is 11.3. The zero-order valence-electron chi connectivity index (χ0n) is 8.82. The Balaban J connectivity index is 2.66. The first-order valence-corrected chi connectivity index (χ1v) is 5.51.